The molecule has 0 spiro atoms. The van der Waals surface area contributed by atoms with Gasteiger partial charge in [-0.15, -0.1) is 0 Å². The van der Waals surface area contributed by atoms with Crippen molar-refractivity contribution in [3.05, 3.63) is 64.5 Å². The first-order valence-electron chi connectivity index (χ1n) is 6.46. The quantitative estimate of drug-likeness (QED) is 0.866. The van der Waals surface area contributed by atoms with Gasteiger partial charge in [0.25, 0.3) is 0 Å². The molecule has 3 rings (SSSR count). The average molecular weight is 257 g/mol. The van der Waals surface area contributed by atoms with E-state index in [2.05, 4.69) is 11.4 Å². The lowest BCUT2D eigenvalue weighted by atomic mass is 9.96. The minimum atomic E-state index is -0.796. The first-order chi connectivity index (χ1) is 9.15. The van der Waals surface area contributed by atoms with Gasteiger partial charge in [0.2, 0.25) is 0 Å². The maximum atomic E-state index is 13.5. The standard InChI is InChI=1S/C16H16FNO/c1-10-7-12(9-13(17)8-10)16(19)14-4-2-3-11-5-6-18-15(11)14/h2-4,7-9,16,18-19H,5-6H2,1H3. The fraction of sp³-hybridized carbons (Fsp3) is 0.250. The monoisotopic (exact) mass is 257 g/mol. The summed E-state index contributed by atoms with van der Waals surface area (Å²) in [7, 11) is 0. The predicted molar refractivity (Wildman–Crippen MR) is 73.8 cm³/mol. The van der Waals surface area contributed by atoms with Gasteiger partial charge in [0, 0.05) is 17.8 Å². The summed E-state index contributed by atoms with van der Waals surface area (Å²) >= 11 is 0. The van der Waals surface area contributed by atoms with Crippen LogP contribution in [0.25, 0.3) is 0 Å². The highest BCUT2D eigenvalue weighted by Gasteiger charge is 2.20. The zero-order valence-corrected chi connectivity index (χ0v) is 10.8. The van der Waals surface area contributed by atoms with Crippen LogP contribution in [0.5, 0.6) is 0 Å². The van der Waals surface area contributed by atoms with Crippen molar-refractivity contribution in [2.24, 2.45) is 0 Å². The van der Waals surface area contributed by atoms with E-state index < -0.39 is 6.10 Å². The molecular formula is C16H16FNO. The van der Waals surface area contributed by atoms with Gasteiger partial charge in [-0.05, 0) is 42.2 Å². The van der Waals surface area contributed by atoms with Gasteiger partial charge in [0.05, 0.1) is 0 Å². The predicted octanol–water partition coefficient (Wildman–Crippen LogP) is 3.18. The minimum Gasteiger partial charge on any atom is -0.384 e. The lowest BCUT2D eigenvalue weighted by molar-refractivity contribution is 0.220. The normalized spacial score (nSPS) is 14.9. The molecule has 2 aromatic rings. The fourth-order valence-electron chi connectivity index (χ4n) is 2.70. The summed E-state index contributed by atoms with van der Waals surface area (Å²) in [5.41, 5.74) is 4.44. The molecule has 0 aromatic heterocycles. The van der Waals surface area contributed by atoms with Gasteiger partial charge in [0.1, 0.15) is 11.9 Å². The Morgan fingerprint density at radius 2 is 2.11 bits per heavy atom. The number of nitrogens with one attached hydrogen (secondary N) is 1. The molecule has 0 saturated heterocycles. The number of hydrogen-bond donors (Lipinski definition) is 2. The third kappa shape index (κ3) is 2.22. The van der Waals surface area contributed by atoms with Crippen LogP contribution in [0.3, 0.4) is 0 Å². The van der Waals surface area contributed by atoms with Crippen LogP contribution in [-0.2, 0) is 6.42 Å². The summed E-state index contributed by atoms with van der Waals surface area (Å²) in [6, 6.07) is 10.6. The highest BCUT2D eigenvalue weighted by molar-refractivity contribution is 5.63. The van der Waals surface area contributed by atoms with E-state index >= 15 is 0 Å². The van der Waals surface area contributed by atoms with Crippen molar-refractivity contribution in [1.29, 1.82) is 0 Å². The van der Waals surface area contributed by atoms with Gasteiger partial charge in [-0.3, -0.25) is 0 Å². The molecule has 0 fully saturated rings. The van der Waals surface area contributed by atoms with Crippen molar-refractivity contribution in [1.82, 2.24) is 0 Å². The number of halogens is 1. The van der Waals surface area contributed by atoms with E-state index in [0.717, 1.165) is 29.8 Å². The van der Waals surface area contributed by atoms with Crippen LogP contribution in [0.2, 0.25) is 0 Å². The van der Waals surface area contributed by atoms with Crippen molar-refractivity contribution >= 4 is 5.69 Å². The summed E-state index contributed by atoms with van der Waals surface area (Å²) in [4.78, 5) is 0. The molecule has 2 N–H and O–H groups in total. The third-order valence-electron chi connectivity index (χ3n) is 3.55. The third-order valence-corrected chi connectivity index (χ3v) is 3.55. The summed E-state index contributed by atoms with van der Waals surface area (Å²) in [6.45, 7) is 2.72. The van der Waals surface area contributed by atoms with E-state index in [0.29, 0.717) is 5.56 Å². The van der Waals surface area contributed by atoms with Gasteiger partial charge >= 0.3 is 0 Å². The number of rotatable bonds is 2. The SMILES string of the molecule is Cc1cc(F)cc(C(O)c2cccc3c2NCC3)c1. The molecule has 0 amide bonds. The second-order valence-corrected chi connectivity index (χ2v) is 5.02. The lowest BCUT2D eigenvalue weighted by Crippen LogP contribution is -2.04. The zero-order chi connectivity index (χ0) is 13.4. The van der Waals surface area contributed by atoms with E-state index in [1.807, 2.05) is 25.1 Å². The van der Waals surface area contributed by atoms with Gasteiger partial charge < -0.3 is 10.4 Å². The average Bonchev–Trinajstić information content (AvgIpc) is 2.84. The number of aliphatic hydroxyl groups excluding tert-OH is 1. The Morgan fingerprint density at radius 1 is 1.26 bits per heavy atom. The molecule has 3 heteroatoms. The summed E-state index contributed by atoms with van der Waals surface area (Å²) < 4.78 is 13.5. The number of benzene rings is 2. The molecule has 2 aromatic carbocycles. The smallest absolute Gasteiger partial charge is 0.123 e. The van der Waals surface area contributed by atoms with Gasteiger partial charge in [-0.2, -0.15) is 0 Å². The van der Waals surface area contributed by atoms with E-state index in [1.165, 1.54) is 17.7 Å². The molecule has 1 heterocycles. The van der Waals surface area contributed by atoms with Crippen LogP contribution in [-0.4, -0.2) is 11.7 Å². The number of fused-ring (bicyclic) bond motifs is 1. The molecule has 1 aliphatic rings. The maximum absolute atomic E-state index is 13.5. The number of hydrogen-bond acceptors (Lipinski definition) is 2. The van der Waals surface area contributed by atoms with E-state index in [-0.39, 0.29) is 5.82 Å². The maximum Gasteiger partial charge on any atom is 0.123 e. The van der Waals surface area contributed by atoms with Crippen molar-refractivity contribution in [2.75, 3.05) is 11.9 Å². The van der Waals surface area contributed by atoms with Crippen LogP contribution in [0.15, 0.2) is 36.4 Å². The van der Waals surface area contributed by atoms with Crippen LogP contribution in [0.1, 0.15) is 28.4 Å². The summed E-state index contributed by atoms with van der Waals surface area (Å²) in [5, 5.41) is 13.8. The molecule has 19 heavy (non-hydrogen) atoms. The largest absolute Gasteiger partial charge is 0.384 e. The molecular weight excluding hydrogens is 241 g/mol. The van der Waals surface area contributed by atoms with Crippen LogP contribution < -0.4 is 5.32 Å². The number of aryl methyl sites for hydroxylation is 1. The fourth-order valence-corrected chi connectivity index (χ4v) is 2.70. The Balaban J connectivity index is 2.04. The Bertz CT molecular complexity index is 604. The summed E-state index contributed by atoms with van der Waals surface area (Å²) in [5.74, 6) is -0.311. The van der Waals surface area contributed by atoms with Crippen molar-refractivity contribution in [3.63, 3.8) is 0 Å². The minimum absolute atomic E-state index is 0.311. The molecule has 0 radical (unpaired) electrons. The van der Waals surface area contributed by atoms with E-state index in [4.69, 9.17) is 0 Å². The Kier molecular flexibility index (Phi) is 2.99. The Morgan fingerprint density at radius 3 is 2.89 bits per heavy atom. The van der Waals surface area contributed by atoms with Crippen LogP contribution in [0, 0.1) is 12.7 Å². The van der Waals surface area contributed by atoms with Gasteiger partial charge in [-0.25, -0.2) is 4.39 Å². The second kappa shape index (κ2) is 4.67. The number of para-hydroxylation sites is 1. The highest BCUT2D eigenvalue weighted by atomic mass is 19.1. The second-order valence-electron chi connectivity index (χ2n) is 5.02. The van der Waals surface area contributed by atoms with Gasteiger partial charge in [-0.1, -0.05) is 24.3 Å². The van der Waals surface area contributed by atoms with Crippen LogP contribution in [0.4, 0.5) is 10.1 Å². The number of aliphatic hydroxyl groups is 1. The topological polar surface area (TPSA) is 32.3 Å². The highest BCUT2D eigenvalue weighted by Crippen LogP contribution is 2.34. The first kappa shape index (κ1) is 12.2. The molecule has 1 atom stereocenters. The molecule has 1 unspecified atom stereocenters. The molecule has 1 aliphatic heterocycles. The molecule has 98 valence electrons. The molecule has 2 nitrogen and oxygen atoms in total. The molecule has 0 aliphatic carbocycles. The van der Waals surface area contributed by atoms with Crippen molar-refractivity contribution < 1.29 is 9.50 Å². The molecule has 0 bridgehead atoms. The van der Waals surface area contributed by atoms with Crippen molar-refractivity contribution in [2.45, 2.75) is 19.4 Å². The number of anilines is 1. The zero-order valence-electron chi connectivity index (χ0n) is 10.8. The van der Waals surface area contributed by atoms with Crippen LogP contribution >= 0.6 is 0 Å². The van der Waals surface area contributed by atoms with Crippen molar-refractivity contribution in [3.8, 4) is 0 Å². The van der Waals surface area contributed by atoms with Gasteiger partial charge in [0.15, 0.2) is 0 Å². The summed E-state index contributed by atoms with van der Waals surface area (Å²) in [6.07, 6.45) is 0.174. The lowest BCUT2D eigenvalue weighted by Gasteiger charge is -2.16. The Hall–Kier alpha value is -1.87. The molecule has 0 saturated carbocycles. The Labute approximate surface area is 111 Å². The first-order valence-corrected chi connectivity index (χ1v) is 6.46. The van der Waals surface area contributed by atoms with E-state index in [1.54, 1.807) is 0 Å². The van der Waals surface area contributed by atoms with E-state index in [9.17, 15) is 9.50 Å².